The molecule has 0 aliphatic carbocycles. The van der Waals surface area contributed by atoms with Crippen LogP contribution in [0.3, 0.4) is 0 Å². The van der Waals surface area contributed by atoms with Gasteiger partial charge in [0.1, 0.15) is 0 Å². The molecule has 1 aromatic rings. The standard InChI is InChI=1S/C15H28ClN3/c1-6-17-13(10-11(3)4)8-9-14-15(16)12(5)18-19(14)7-2/h11,13,17H,6-10H2,1-5H3. The third-order valence-corrected chi connectivity index (χ3v) is 3.92. The van der Waals surface area contributed by atoms with E-state index < -0.39 is 0 Å². The predicted octanol–water partition coefficient (Wildman–Crippen LogP) is 3.82. The smallest absolute Gasteiger partial charge is 0.0847 e. The van der Waals surface area contributed by atoms with Gasteiger partial charge in [-0.25, -0.2) is 0 Å². The Labute approximate surface area is 122 Å². The van der Waals surface area contributed by atoms with Crippen molar-refractivity contribution in [2.24, 2.45) is 5.92 Å². The lowest BCUT2D eigenvalue weighted by molar-refractivity contribution is 0.401. The summed E-state index contributed by atoms with van der Waals surface area (Å²) >= 11 is 6.36. The molecule has 0 aliphatic heterocycles. The highest BCUT2D eigenvalue weighted by molar-refractivity contribution is 6.31. The Kier molecular flexibility index (Phi) is 6.87. The highest BCUT2D eigenvalue weighted by Crippen LogP contribution is 2.22. The fraction of sp³-hybridized carbons (Fsp3) is 0.800. The van der Waals surface area contributed by atoms with E-state index in [1.54, 1.807) is 0 Å². The van der Waals surface area contributed by atoms with Crippen molar-refractivity contribution in [1.29, 1.82) is 0 Å². The molecule has 1 atom stereocenters. The molecule has 0 radical (unpaired) electrons. The highest BCUT2D eigenvalue weighted by atomic mass is 35.5. The van der Waals surface area contributed by atoms with E-state index in [0.717, 1.165) is 42.6 Å². The Balaban J connectivity index is 2.67. The summed E-state index contributed by atoms with van der Waals surface area (Å²) in [7, 11) is 0. The van der Waals surface area contributed by atoms with Crippen molar-refractivity contribution in [3.05, 3.63) is 16.4 Å². The van der Waals surface area contributed by atoms with E-state index in [1.165, 1.54) is 12.1 Å². The average Bonchev–Trinajstić information content (AvgIpc) is 2.62. The lowest BCUT2D eigenvalue weighted by Crippen LogP contribution is -2.31. The lowest BCUT2D eigenvalue weighted by atomic mass is 9.99. The van der Waals surface area contributed by atoms with Crippen LogP contribution in [0.5, 0.6) is 0 Å². The molecule has 1 aromatic heterocycles. The van der Waals surface area contributed by atoms with E-state index in [4.69, 9.17) is 11.6 Å². The van der Waals surface area contributed by atoms with Gasteiger partial charge in [0.25, 0.3) is 0 Å². The molecule has 0 amide bonds. The van der Waals surface area contributed by atoms with Crippen LogP contribution in [0.2, 0.25) is 5.02 Å². The van der Waals surface area contributed by atoms with E-state index >= 15 is 0 Å². The number of aryl methyl sites for hydroxylation is 2. The van der Waals surface area contributed by atoms with Gasteiger partial charge < -0.3 is 5.32 Å². The summed E-state index contributed by atoms with van der Waals surface area (Å²) in [6.45, 7) is 12.7. The Morgan fingerprint density at radius 3 is 2.53 bits per heavy atom. The Morgan fingerprint density at radius 2 is 2.00 bits per heavy atom. The fourth-order valence-corrected chi connectivity index (χ4v) is 2.81. The molecule has 0 spiro atoms. The molecule has 0 saturated heterocycles. The molecule has 1 rings (SSSR count). The molecule has 0 saturated carbocycles. The minimum atomic E-state index is 0.571. The third kappa shape index (κ3) is 4.81. The molecular formula is C15H28ClN3. The zero-order chi connectivity index (χ0) is 14.4. The summed E-state index contributed by atoms with van der Waals surface area (Å²) in [5.41, 5.74) is 2.13. The van der Waals surface area contributed by atoms with Crippen LogP contribution < -0.4 is 5.32 Å². The van der Waals surface area contributed by atoms with Gasteiger partial charge in [0.15, 0.2) is 0 Å². The second kappa shape index (κ2) is 7.91. The molecule has 4 heteroatoms. The quantitative estimate of drug-likeness (QED) is 0.787. The van der Waals surface area contributed by atoms with Crippen molar-refractivity contribution in [2.75, 3.05) is 6.54 Å². The summed E-state index contributed by atoms with van der Waals surface area (Å²) in [5.74, 6) is 0.720. The summed E-state index contributed by atoms with van der Waals surface area (Å²) in [4.78, 5) is 0. The largest absolute Gasteiger partial charge is 0.314 e. The van der Waals surface area contributed by atoms with Crippen LogP contribution in [-0.2, 0) is 13.0 Å². The molecule has 0 aliphatic rings. The lowest BCUT2D eigenvalue weighted by Gasteiger charge is -2.20. The Hall–Kier alpha value is -0.540. The van der Waals surface area contributed by atoms with Crippen molar-refractivity contribution < 1.29 is 0 Å². The van der Waals surface area contributed by atoms with E-state index in [1.807, 2.05) is 11.6 Å². The molecule has 0 aromatic carbocycles. The van der Waals surface area contributed by atoms with Crippen molar-refractivity contribution in [3.63, 3.8) is 0 Å². The number of rotatable bonds is 8. The van der Waals surface area contributed by atoms with Crippen molar-refractivity contribution in [3.8, 4) is 0 Å². The SMILES string of the molecule is CCNC(CCc1c(Cl)c(C)nn1CC)CC(C)C. The predicted molar refractivity (Wildman–Crippen MR) is 82.9 cm³/mol. The van der Waals surface area contributed by atoms with Crippen molar-refractivity contribution in [1.82, 2.24) is 15.1 Å². The first kappa shape index (κ1) is 16.5. The van der Waals surface area contributed by atoms with Gasteiger partial charge in [-0.05, 0) is 45.6 Å². The molecule has 110 valence electrons. The van der Waals surface area contributed by atoms with Crippen LogP contribution in [-0.4, -0.2) is 22.4 Å². The molecule has 19 heavy (non-hydrogen) atoms. The average molecular weight is 286 g/mol. The Morgan fingerprint density at radius 1 is 1.32 bits per heavy atom. The van der Waals surface area contributed by atoms with Crippen molar-refractivity contribution >= 4 is 11.6 Å². The molecule has 1 unspecified atom stereocenters. The number of nitrogens with one attached hydrogen (secondary N) is 1. The maximum Gasteiger partial charge on any atom is 0.0847 e. The minimum absolute atomic E-state index is 0.571. The van der Waals surface area contributed by atoms with E-state index in [9.17, 15) is 0 Å². The summed E-state index contributed by atoms with van der Waals surface area (Å²) in [6, 6.07) is 0.571. The topological polar surface area (TPSA) is 29.9 Å². The molecule has 1 N–H and O–H groups in total. The number of nitrogens with zero attached hydrogens (tertiary/aromatic N) is 2. The van der Waals surface area contributed by atoms with Gasteiger partial charge >= 0.3 is 0 Å². The van der Waals surface area contributed by atoms with E-state index in [-0.39, 0.29) is 0 Å². The van der Waals surface area contributed by atoms with Crippen LogP contribution in [0.25, 0.3) is 0 Å². The monoisotopic (exact) mass is 285 g/mol. The number of hydrogen-bond donors (Lipinski definition) is 1. The van der Waals surface area contributed by atoms with Gasteiger partial charge in [-0.15, -0.1) is 0 Å². The summed E-state index contributed by atoms with van der Waals surface area (Å²) in [6.07, 6.45) is 3.33. The van der Waals surface area contributed by atoms with E-state index in [2.05, 4.69) is 38.1 Å². The van der Waals surface area contributed by atoms with Crippen LogP contribution in [0, 0.1) is 12.8 Å². The van der Waals surface area contributed by atoms with Crippen molar-refractivity contribution in [2.45, 2.75) is 66.5 Å². The van der Waals surface area contributed by atoms with Gasteiger partial charge in [-0.3, -0.25) is 4.68 Å². The van der Waals surface area contributed by atoms with E-state index in [0.29, 0.717) is 6.04 Å². The van der Waals surface area contributed by atoms with Gasteiger partial charge in [0.05, 0.1) is 16.4 Å². The molecule has 0 fully saturated rings. The minimum Gasteiger partial charge on any atom is -0.314 e. The first-order chi connectivity index (χ1) is 8.99. The number of halogens is 1. The van der Waals surface area contributed by atoms with Gasteiger partial charge in [-0.1, -0.05) is 32.4 Å². The normalized spacial score (nSPS) is 13.2. The molecule has 3 nitrogen and oxygen atoms in total. The Bertz CT molecular complexity index is 385. The second-order valence-electron chi connectivity index (χ2n) is 5.58. The molecule has 0 bridgehead atoms. The molecular weight excluding hydrogens is 258 g/mol. The molecule has 1 heterocycles. The highest BCUT2D eigenvalue weighted by Gasteiger charge is 2.15. The maximum absolute atomic E-state index is 6.36. The van der Waals surface area contributed by atoms with Gasteiger partial charge in [0.2, 0.25) is 0 Å². The first-order valence-electron chi connectivity index (χ1n) is 7.44. The summed E-state index contributed by atoms with van der Waals surface area (Å²) < 4.78 is 2.04. The second-order valence-corrected chi connectivity index (χ2v) is 5.96. The number of aromatic nitrogens is 2. The zero-order valence-corrected chi connectivity index (χ0v) is 13.7. The fourth-order valence-electron chi connectivity index (χ4n) is 2.58. The third-order valence-electron chi connectivity index (χ3n) is 3.43. The first-order valence-corrected chi connectivity index (χ1v) is 7.82. The van der Waals surface area contributed by atoms with Crippen LogP contribution in [0.15, 0.2) is 0 Å². The van der Waals surface area contributed by atoms with Crippen LogP contribution in [0.4, 0.5) is 0 Å². The van der Waals surface area contributed by atoms with Crippen LogP contribution >= 0.6 is 11.6 Å². The summed E-state index contributed by atoms with van der Waals surface area (Å²) in [5, 5.41) is 8.90. The zero-order valence-electron chi connectivity index (χ0n) is 13.0. The number of hydrogen-bond acceptors (Lipinski definition) is 2. The van der Waals surface area contributed by atoms with Gasteiger partial charge in [-0.2, -0.15) is 5.10 Å². The van der Waals surface area contributed by atoms with Crippen LogP contribution in [0.1, 0.15) is 51.9 Å². The maximum atomic E-state index is 6.36. The van der Waals surface area contributed by atoms with Gasteiger partial charge in [0, 0.05) is 12.6 Å².